The maximum atomic E-state index is 11.7. The molecule has 1 aromatic carbocycles. The zero-order chi connectivity index (χ0) is 15.1. The molecule has 0 aliphatic carbocycles. The number of fused-ring (bicyclic) bond motifs is 1. The molecule has 1 aliphatic heterocycles. The Balaban J connectivity index is 1.70. The summed E-state index contributed by atoms with van der Waals surface area (Å²) < 4.78 is 11.0. The van der Waals surface area contributed by atoms with E-state index in [2.05, 4.69) is 24.5 Å². The van der Waals surface area contributed by atoms with E-state index in [9.17, 15) is 4.79 Å². The zero-order valence-corrected chi connectivity index (χ0v) is 12.8. The molecule has 21 heavy (non-hydrogen) atoms. The van der Waals surface area contributed by atoms with Crippen molar-refractivity contribution >= 4 is 5.91 Å². The first kappa shape index (κ1) is 15.6. The highest BCUT2D eigenvalue weighted by molar-refractivity contribution is 5.76. The number of ether oxygens (including phenoxy) is 2. The fourth-order valence-corrected chi connectivity index (χ4v) is 2.15. The molecule has 1 aliphatic rings. The summed E-state index contributed by atoms with van der Waals surface area (Å²) in [6, 6.07) is 6.34. The van der Waals surface area contributed by atoms with Crippen LogP contribution in [0.2, 0.25) is 0 Å². The summed E-state index contributed by atoms with van der Waals surface area (Å²) in [5.41, 5.74) is 1.14. The summed E-state index contributed by atoms with van der Waals surface area (Å²) in [6.07, 6.45) is 1.30. The lowest BCUT2D eigenvalue weighted by Crippen LogP contribution is -2.31. The van der Waals surface area contributed by atoms with Crippen LogP contribution in [0.15, 0.2) is 18.2 Å². The van der Waals surface area contributed by atoms with Crippen LogP contribution in [-0.4, -0.2) is 38.3 Å². The van der Waals surface area contributed by atoms with Crippen LogP contribution in [0.3, 0.4) is 0 Å². The molecular weight excluding hydrogens is 268 g/mol. The van der Waals surface area contributed by atoms with E-state index in [-0.39, 0.29) is 5.91 Å². The topological polar surface area (TPSA) is 59.6 Å². The minimum atomic E-state index is 0.0840. The van der Waals surface area contributed by atoms with Crippen molar-refractivity contribution in [3.05, 3.63) is 23.8 Å². The average Bonchev–Trinajstić information content (AvgIpc) is 2.47. The van der Waals surface area contributed by atoms with Crippen molar-refractivity contribution in [1.29, 1.82) is 0 Å². The molecule has 0 saturated heterocycles. The molecule has 2 rings (SSSR count). The third-order valence-electron chi connectivity index (χ3n) is 3.25. The summed E-state index contributed by atoms with van der Waals surface area (Å²) >= 11 is 0. The Hall–Kier alpha value is -1.75. The van der Waals surface area contributed by atoms with Crippen LogP contribution in [0.25, 0.3) is 0 Å². The van der Waals surface area contributed by atoms with E-state index in [1.54, 1.807) is 0 Å². The van der Waals surface area contributed by atoms with Crippen LogP contribution < -0.4 is 20.1 Å². The van der Waals surface area contributed by atoms with Gasteiger partial charge in [0.05, 0.1) is 0 Å². The van der Waals surface area contributed by atoms with Gasteiger partial charge in [0.25, 0.3) is 0 Å². The molecule has 0 fully saturated rings. The molecule has 0 unspecified atom stereocenters. The van der Waals surface area contributed by atoms with E-state index in [4.69, 9.17) is 9.47 Å². The van der Waals surface area contributed by atoms with Gasteiger partial charge in [0, 0.05) is 25.6 Å². The Morgan fingerprint density at radius 1 is 1.19 bits per heavy atom. The van der Waals surface area contributed by atoms with Gasteiger partial charge in [0.15, 0.2) is 11.5 Å². The average molecular weight is 292 g/mol. The largest absolute Gasteiger partial charge is 0.486 e. The Labute approximate surface area is 126 Å². The van der Waals surface area contributed by atoms with Crippen LogP contribution in [0.5, 0.6) is 11.5 Å². The van der Waals surface area contributed by atoms with Crippen molar-refractivity contribution in [2.45, 2.75) is 32.7 Å². The van der Waals surface area contributed by atoms with Gasteiger partial charge in [-0.05, 0) is 24.1 Å². The predicted molar refractivity (Wildman–Crippen MR) is 81.9 cm³/mol. The van der Waals surface area contributed by atoms with Crippen molar-refractivity contribution in [2.24, 2.45) is 0 Å². The number of amides is 1. The van der Waals surface area contributed by atoms with Gasteiger partial charge in [-0.15, -0.1) is 0 Å². The van der Waals surface area contributed by atoms with Crippen LogP contribution in [0, 0.1) is 0 Å². The first-order valence-corrected chi connectivity index (χ1v) is 7.54. The van der Waals surface area contributed by atoms with Gasteiger partial charge >= 0.3 is 0 Å². The molecule has 0 radical (unpaired) electrons. The molecule has 0 aromatic heterocycles. The number of nitrogens with one attached hydrogen (secondary N) is 2. The number of hydrogen-bond donors (Lipinski definition) is 2. The Kier molecular flexibility index (Phi) is 5.87. The monoisotopic (exact) mass is 292 g/mol. The van der Waals surface area contributed by atoms with Crippen LogP contribution >= 0.6 is 0 Å². The predicted octanol–water partition coefficient (Wildman–Crippen LogP) is 1.50. The fourth-order valence-electron chi connectivity index (χ4n) is 2.15. The van der Waals surface area contributed by atoms with E-state index in [1.807, 2.05) is 18.2 Å². The molecule has 2 N–H and O–H groups in total. The van der Waals surface area contributed by atoms with Crippen molar-refractivity contribution in [1.82, 2.24) is 10.6 Å². The highest BCUT2D eigenvalue weighted by Gasteiger charge is 2.11. The van der Waals surface area contributed by atoms with E-state index in [0.29, 0.717) is 38.8 Å². The summed E-state index contributed by atoms with van der Waals surface area (Å²) in [5, 5.41) is 6.16. The second-order valence-electron chi connectivity index (χ2n) is 5.44. The SMILES string of the molecule is CC(C)NCCC(=O)NCCc1ccc2c(c1)OCCO2. The summed E-state index contributed by atoms with van der Waals surface area (Å²) in [7, 11) is 0. The molecule has 0 spiro atoms. The van der Waals surface area contributed by atoms with Crippen LogP contribution in [0.1, 0.15) is 25.8 Å². The molecule has 0 atom stereocenters. The van der Waals surface area contributed by atoms with Gasteiger partial charge in [-0.3, -0.25) is 4.79 Å². The van der Waals surface area contributed by atoms with Gasteiger partial charge in [0.2, 0.25) is 5.91 Å². The second kappa shape index (κ2) is 7.88. The molecule has 0 saturated carbocycles. The van der Waals surface area contributed by atoms with E-state index in [0.717, 1.165) is 23.5 Å². The molecule has 5 heteroatoms. The van der Waals surface area contributed by atoms with Crippen LogP contribution in [-0.2, 0) is 11.2 Å². The molecule has 1 amide bonds. The van der Waals surface area contributed by atoms with Crippen molar-refractivity contribution in [3.63, 3.8) is 0 Å². The van der Waals surface area contributed by atoms with Gasteiger partial charge in [-0.2, -0.15) is 0 Å². The number of rotatable bonds is 7. The van der Waals surface area contributed by atoms with E-state index >= 15 is 0 Å². The maximum absolute atomic E-state index is 11.7. The summed E-state index contributed by atoms with van der Waals surface area (Å²) in [6.45, 7) is 6.69. The van der Waals surface area contributed by atoms with E-state index in [1.165, 1.54) is 0 Å². The smallest absolute Gasteiger partial charge is 0.221 e. The highest BCUT2D eigenvalue weighted by Crippen LogP contribution is 2.30. The lowest BCUT2D eigenvalue weighted by molar-refractivity contribution is -0.120. The van der Waals surface area contributed by atoms with Crippen molar-refractivity contribution < 1.29 is 14.3 Å². The van der Waals surface area contributed by atoms with Crippen LogP contribution in [0.4, 0.5) is 0 Å². The molecule has 5 nitrogen and oxygen atoms in total. The maximum Gasteiger partial charge on any atom is 0.221 e. The first-order valence-electron chi connectivity index (χ1n) is 7.54. The number of benzene rings is 1. The minimum Gasteiger partial charge on any atom is -0.486 e. The second-order valence-corrected chi connectivity index (χ2v) is 5.44. The third kappa shape index (κ3) is 5.27. The summed E-state index contributed by atoms with van der Waals surface area (Å²) in [5.74, 6) is 1.68. The zero-order valence-electron chi connectivity index (χ0n) is 12.8. The minimum absolute atomic E-state index is 0.0840. The summed E-state index contributed by atoms with van der Waals surface area (Å²) in [4.78, 5) is 11.7. The van der Waals surface area contributed by atoms with Crippen molar-refractivity contribution in [3.8, 4) is 11.5 Å². The standard InChI is InChI=1S/C16H24N2O3/c1-12(2)17-8-6-16(19)18-7-5-13-3-4-14-15(11-13)21-10-9-20-14/h3-4,11-12,17H,5-10H2,1-2H3,(H,18,19). The lowest BCUT2D eigenvalue weighted by atomic mass is 10.1. The third-order valence-corrected chi connectivity index (χ3v) is 3.25. The van der Waals surface area contributed by atoms with Gasteiger partial charge in [-0.25, -0.2) is 0 Å². The molecule has 1 aromatic rings. The number of carbonyl (C=O) groups excluding carboxylic acids is 1. The molecule has 116 valence electrons. The Bertz CT molecular complexity index is 475. The molecule has 1 heterocycles. The van der Waals surface area contributed by atoms with Gasteiger partial charge in [0.1, 0.15) is 13.2 Å². The number of carbonyl (C=O) groups is 1. The molecular formula is C16H24N2O3. The Morgan fingerprint density at radius 3 is 2.71 bits per heavy atom. The number of hydrogen-bond acceptors (Lipinski definition) is 4. The van der Waals surface area contributed by atoms with E-state index < -0.39 is 0 Å². The van der Waals surface area contributed by atoms with Crippen molar-refractivity contribution in [2.75, 3.05) is 26.3 Å². The van der Waals surface area contributed by atoms with Gasteiger partial charge < -0.3 is 20.1 Å². The molecule has 0 bridgehead atoms. The quantitative estimate of drug-likeness (QED) is 0.799. The van der Waals surface area contributed by atoms with Gasteiger partial charge in [-0.1, -0.05) is 19.9 Å². The normalized spacial score (nSPS) is 13.3. The Morgan fingerprint density at radius 2 is 1.95 bits per heavy atom. The first-order chi connectivity index (χ1) is 10.1. The fraction of sp³-hybridized carbons (Fsp3) is 0.562. The lowest BCUT2D eigenvalue weighted by Gasteiger charge is -2.18. The highest BCUT2D eigenvalue weighted by atomic mass is 16.6.